The SMILES string of the molecule is Cc1ccc(S(=O)(=O)N2CCCN(Cc3nccn3Cc3ccccc3)CC2)cc1. The third-order valence-corrected chi connectivity index (χ3v) is 7.48. The zero-order valence-electron chi connectivity index (χ0n) is 17.3. The van der Waals surface area contributed by atoms with Crippen molar-refractivity contribution in [2.75, 3.05) is 26.2 Å². The van der Waals surface area contributed by atoms with Crippen LogP contribution in [0.25, 0.3) is 0 Å². The summed E-state index contributed by atoms with van der Waals surface area (Å²) in [6, 6.07) is 17.4. The quantitative estimate of drug-likeness (QED) is 0.610. The summed E-state index contributed by atoms with van der Waals surface area (Å²) in [4.78, 5) is 7.23. The van der Waals surface area contributed by atoms with Gasteiger partial charge in [0.25, 0.3) is 0 Å². The van der Waals surface area contributed by atoms with Crippen LogP contribution >= 0.6 is 0 Å². The Morgan fingerprint density at radius 3 is 2.43 bits per heavy atom. The molecule has 7 heteroatoms. The van der Waals surface area contributed by atoms with Crippen molar-refractivity contribution in [1.82, 2.24) is 18.8 Å². The molecule has 2 aromatic carbocycles. The maximum Gasteiger partial charge on any atom is 0.243 e. The number of rotatable bonds is 6. The molecule has 3 aromatic rings. The highest BCUT2D eigenvalue weighted by Gasteiger charge is 2.27. The van der Waals surface area contributed by atoms with E-state index in [0.717, 1.165) is 37.4 Å². The smallest absolute Gasteiger partial charge is 0.243 e. The van der Waals surface area contributed by atoms with Gasteiger partial charge < -0.3 is 4.57 Å². The fraction of sp³-hybridized carbons (Fsp3) is 0.348. The number of hydrogen-bond donors (Lipinski definition) is 0. The molecule has 4 rings (SSSR count). The van der Waals surface area contributed by atoms with Crippen molar-refractivity contribution in [2.24, 2.45) is 0 Å². The van der Waals surface area contributed by atoms with Gasteiger partial charge in [0.2, 0.25) is 10.0 Å². The molecule has 6 nitrogen and oxygen atoms in total. The average Bonchev–Trinajstić information content (AvgIpc) is 3.02. The largest absolute Gasteiger partial charge is 0.329 e. The molecule has 30 heavy (non-hydrogen) atoms. The van der Waals surface area contributed by atoms with E-state index >= 15 is 0 Å². The molecule has 2 heterocycles. The van der Waals surface area contributed by atoms with Crippen molar-refractivity contribution >= 4 is 10.0 Å². The van der Waals surface area contributed by atoms with Gasteiger partial charge in [-0.05, 0) is 37.6 Å². The molecule has 0 aliphatic carbocycles. The summed E-state index contributed by atoms with van der Waals surface area (Å²) in [6.45, 7) is 6.07. The topological polar surface area (TPSA) is 58.4 Å². The van der Waals surface area contributed by atoms with Gasteiger partial charge >= 0.3 is 0 Å². The highest BCUT2D eigenvalue weighted by atomic mass is 32.2. The third kappa shape index (κ3) is 4.80. The molecule has 0 amide bonds. The van der Waals surface area contributed by atoms with Gasteiger partial charge in [-0.2, -0.15) is 4.31 Å². The van der Waals surface area contributed by atoms with E-state index < -0.39 is 10.0 Å². The van der Waals surface area contributed by atoms with Gasteiger partial charge in [0.1, 0.15) is 5.82 Å². The summed E-state index contributed by atoms with van der Waals surface area (Å²) in [5, 5.41) is 0. The Labute approximate surface area is 178 Å². The van der Waals surface area contributed by atoms with Crippen molar-refractivity contribution < 1.29 is 8.42 Å². The Bertz CT molecular complexity index is 1060. The van der Waals surface area contributed by atoms with Crippen molar-refractivity contribution in [3.05, 3.63) is 83.9 Å². The first kappa shape index (κ1) is 20.8. The van der Waals surface area contributed by atoms with E-state index in [2.05, 4.69) is 26.6 Å². The van der Waals surface area contributed by atoms with Gasteiger partial charge in [-0.3, -0.25) is 4.90 Å². The number of hydrogen-bond acceptors (Lipinski definition) is 4. The van der Waals surface area contributed by atoms with Crippen LogP contribution in [-0.2, 0) is 23.1 Å². The highest BCUT2D eigenvalue weighted by molar-refractivity contribution is 7.89. The molecule has 1 aliphatic rings. The summed E-state index contributed by atoms with van der Waals surface area (Å²) in [6.07, 6.45) is 4.66. The van der Waals surface area contributed by atoms with Gasteiger partial charge in [-0.15, -0.1) is 0 Å². The lowest BCUT2D eigenvalue weighted by Gasteiger charge is -2.22. The number of sulfonamides is 1. The Kier molecular flexibility index (Phi) is 6.32. The summed E-state index contributed by atoms with van der Waals surface area (Å²) >= 11 is 0. The predicted molar refractivity (Wildman–Crippen MR) is 118 cm³/mol. The summed E-state index contributed by atoms with van der Waals surface area (Å²) in [7, 11) is -3.45. The second-order valence-corrected chi connectivity index (χ2v) is 9.74. The van der Waals surface area contributed by atoms with E-state index in [9.17, 15) is 8.42 Å². The first-order chi connectivity index (χ1) is 14.5. The Morgan fingerprint density at radius 2 is 1.67 bits per heavy atom. The molecule has 0 bridgehead atoms. The van der Waals surface area contributed by atoms with Crippen LogP contribution in [0.15, 0.2) is 71.9 Å². The number of imidazole rings is 1. The molecule has 0 saturated carbocycles. The van der Waals surface area contributed by atoms with Crippen LogP contribution in [-0.4, -0.2) is 53.4 Å². The fourth-order valence-electron chi connectivity index (χ4n) is 3.82. The lowest BCUT2D eigenvalue weighted by Crippen LogP contribution is -2.35. The van der Waals surface area contributed by atoms with Crippen molar-refractivity contribution in [2.45, 2.75) is 31.3 Å². The van der Waals surface area contributed by atoms with Gasteiger partial charge in [0.15, 0.2) is 0 Å². The third-order valence-electron chi connectivity index (χ3n) is 5.57. The maximum absolute atomic E-state index is 13.0. The maximum atomic E-state index is 13.0. The number of nitrogens with zero attached hydrogens (tertiary/aromatic N) is 4. The predicted octanol–water partition coefficient (Wildman–Crippen LogP) is 3.14. The first-order valence-electron chi connectivity index (χ1n) is 10.4. The molecule has 0 unspecified atom stereocenters. The summed E-state index contributed by atoms with van der Waals surface area (Å²) < 4.78 is 29.8. The second kappa shape index (κ2) is 9.12. The summed E-state index contributed by atoms with van der Waals surface area (Å²) in [5.74, 6) is 1.01. The highest BCUT2D eigenvalue weighted by Crippen LogP contribution is 2.19. The molecule has 1 aliphatic heterocycles. The fourth-order valence-corrected chi connectivity index (χ4v) is 5.29. The van der Waals surface area contributed by atoms with Crippen molar-refractivity contribution in [3.63, 3.8) is 0 Å². The van der Waals surface area contributed by atoms with Gasteiger partial charge in [0, 0.05) is 38.6 Å². The molecule has 1 saturated heterocycles. The normalized spacial score (nSPS) is 16.4. The van der Waals surface area contributed by atoms with E-state index in [-0.39, 0.29) is 0 Å². The first-order valence-corrected chi connectivity index (χ1v) is 11.8. The Hall–Kier alpha value is -2.48. The molecule has 1 aromatic heterocycles. The molecule has 0 radical (unpaired) electrons. The number of benzene rings is 2. The Morgan fingerprint density at radius 1 is 0.900 bits per heavy atom. The molecule has 158 valence electrons. The van der Waals surface area contributed by atoms with Crippen LogP contribution in [0.5, 0.6) is 0 Å². The van der Waals surface area contributed by atoms with Crippen LogP contribution in [0.4, 0.5) is 0 Å². The van der Waals surface area contributed by atoms with Gasteiger partial charge in [-0.25, -0.2) is 13.4 Å². The molecule has 0 N–H and O–H groups in total. The van der Waals surface area contributed by atoms with Gasteiger partial charge in [-0.1, -0.05) is 48.0 Å². The van der Waals surface area contributed by atoms with Crippen LogP contribution in [0, 0.1) is 6.92 Å². The van der Waals surface area contributed by atoms with E-state index in [1.165, 1.54) is 5.56 Å². The standard InChI is InChI=1S/C23H28N4O2S/c1-20-8-10-22(11-9-20)30(28,29)27-14-5-13-25(16-17-27)19-23-24-12-15-26(23)18-21-6-3-2-4-7-21/h2-4,6-12,15H,5,13-14,16-19H2,1H3. The van der Waals surface area contributed by atoms with E-state index in [4.69, 9.17) is 0 Å². The molecule has 0 spiro atoms. The van der Waals surface area contributed by atoms with Crippen LogP contribution < -0.4 is 0 Å². The lowest BCUT2D eigenvalue weighted by atomic mass is 10.2. The second-order valence-electron chi connectivity index (χ2n) is 7.80. The zero-order valence-corrected chi connectivity index (χ0v) is 18.1. The van der Waals surface area contributed by atoms with Crippen LogP contribution in [0.3, 0.4) is 0 Å². The number of aryl methyl sites for hydroxylation is 1. The van der Waals surface area contributed by atoms with Gasteiger partial charge in [0.05, 0.1) is 11.4 Å². The number of aromatic nitrogens is 2. The molecule has 1 fully saturated rings. The average molecular weight is 425 g/mol. The molecule has 0 atom stereocenters. The van der Waals surface area contributed by atoms with Crippen LogP contribution in [0.2, 0.25) is 0 Å². The van der Waals surface area contributed by atoms with Crippen molar-refractivity contribution in [3.8, 4) is 0 Å². The molecular weight excluding hydrogens is 396 g/mol. The lowest BCUT2D eigenvalue weighted by molar-refractivity contribution is 0.268. The van der Waals surface area contributed by atoms with E-state index in [1.807, 2.05) is 49.6 Å². The van der Waals surface area contributed by atoms with E-state index in [0.29, 0.717) is 24.5 Å². The van der Waals surface area contributed by atoms with E-state index in [1.54, 1.807) is 16.4 Å². The monoisotopic (exact) mass is 424 g/mol. The summed E-state index contributed by atoms with van der Waals surface area (Å²) in [5.41, 5.74) is 2.30. The minimum Gasteiger partial charge on any atom is -0.329 e. The van der Waals surface area contributed by atoms with Crippen molar-refractivity contribution in [1.29, 1.82) is 0 Å². The Balaban J connectivity index is 1.41. The minimum absolute atomic E-state index is 0.375. The molecular formula is C23H28N4O2S. The zero-order chi connectivity index (χ0) is 21.0. The minimum atomic E-state index is -3.45. The van der Waals surface area contributed by atoms with Crippen LogP contribution in [0.1, 0.15) is 23.4 Å².